The van der Waals surface area contributed by atoms with Gasteiger partial charge in [-0.15, -0.1) is 23.1 Å². The number of carbonyl (C=O) groups is 2. The number of benzene rings is 1. The third-order valence-electron chi connectivity index (χ3n) is 4.12. The predicted molar refractivity (Wildman–Crippen MR) is 101 cm³/mol. The third kappa shape index (κ3) is 4.95. The topological polar surface area (TPSA) is 46.2 Å². The van der Waals surface area contributed by atoms with Crippen molar-refractivity contribution < 1.29 is 9.59 Å². The van der Waals surface area contributed by atoms with Crippen LogP contribution < -0.4 is 5.32 Å². The largest absolute Gasteiger partial charge is 0.326 e. The summed E-state index contributed by atoms with van der Waals surface area (Å²) >= 11 is 3.35. The third-order valence-corrected chi connectivity index (χ3v) is 6.38. The minimum absolute atomic E-state index is 0.0310. The van der Waals surface area contributed by atoms with Crippen LogP contribution in [0.1, 0.15) is 48.2 Å². The van der Waals surface area contributed by atoms with Gasteiger partial charge in [0, 0.05) is 28.7 Å². The van der Waals surface area contributed by atoms with Crippen LogP contribution in [0.25, 0.3) is 0 Å². The van der Waals surface area contributed by atoms with Crippen molar-refractivity contribution in [3.05, 3.63) is 46.7 Å². The fourth-order valence-corrected chi connectivity index (χ4v) is 4.77. The van der Waals surface area contributed by atoms with Crippen LogP contribution in [0.5, 0.6) is 0 Å². The van der Waals surface area contributed by atoms with Crippen LogP contribution in [-0.4, -0.2) is 16.9 Å². The zero-order valence-electron chi connectivity index (χ0n) is 13.5. The minimum Gasteiger partial charge on any atom is -0.326 e. The lowest BCUT2D eigenvalue weighted by atomic mass is 10.2. The number of ketones is 1. The van der Waals surface area contributed by atoms with Crippen molar-refractivity contribution in [3.63, 3.8) is 0 Å². The number of carbonyl (C=O) groups excluding carboxylic acids is 2. The molecule has 24 heavy (non-hydrogen) atoms. The first-order valence-electron chi connectivity index (χ1n) is 8.34. The highest BCUT2D eigenvalue weighted by Gasteiger charge is 2.16. The molecule has 0 atom stereocenters. The fourth-order valence-electron chi connectivity index (χ4n) is 2.83. The van der Waals surface area contributed by atoms with E-state index in [1.807, 2.05) is 35.3 Å². The number of anilines is 1. The van der Waals surface area contributed by atoms with Crippen molar-refractivity contribution in [2.24, 2.45) is 0 Å². The molecule has 3 nitrogen and oxygen atoms in total. The quantitative estimate of drug-likeness (QED) is 0.675. The normalized spacial score (nSPS) is 14.7. The fraction of sp³-hybridized carbons (Fsp3) is 0.368. The van der Waals surface area contributed by atoms with E-state index in [0.29, 0.717) is 0 Å². The first-order valence-corrected chi connectivity index (χ1v) is 10.1. The molecule has 1 aliphatic rings. The Labute approximate surface area is 150 Å². The lowest BCUT2D eigenvalue weighted by Gasteiger charge is -2.10. The molecule has 1 saturated carbocycles. The van der Waals surface area contributed by atoms with Crippen LogP contribution in [-0.2, 0) is 4.79 Å². The molecule has 1 amide bonds. The van der Waals surface area contributed by atoms with Crippen molar-refractivity contribution in [2.75, 3.05) is 5.32 Å². The van der Waals surface area contributed by atoms with Crippen LogP contribution in [0.2, 0.25) is 0 Å². The minimum atomic E-state index is -0.115. The van der Waals surface area contributed by atoms with E-state index in [4.69, 9.17) is 0 Å². The average molecular weight is 360 g/mol. The molecule has 1 N–H and O–H groups in total. The molecule has 126 valence electrons. The van der Waals surface area contributed by atoms with Crippen LogP contribution in [0.15, 0.2) is 46.7 Å². The van der Waals surface area contributed by atoms with Crippen LogP contribution in [0.3, 0.4) is 0 Å². The van der Waals surface area contributed by atoms with Crippen LogP contribution in [0.4, 0.5) is 5.69 Å². The molecule has 0 aliphatic heterocycles. The van der Waals surface area contributed by atoms with E-state index in [1.54, 1.807) is 6.07 Å². The Balaban J connectivity index is 1.44. The first-order chi connectivity index (χ1) is 11.7. The van der Waals surface area contributed by atoms with Gasteiger partial charge >= 0.3 is 0 Å². The molecule has 1 heterocycles. The highest BCUT2D eigenvalue weighted by molar-refractivity contribution is 8.00. The summed E-state index contributed by atoms with van der Waals surface area (Å²) in [6, 6.07) is 11.7. The van der Waals surface area contributed by atoms with Crippen LogP contribution >= 0.6 is 23.1 Å². The molecule has 0 unspecified atom stereocenters. The predicted octanol–water partition coefficient (Wildman–Crippen LogP) is 5.38. The first kappa shape index (κ1) is 17.2. The Morgan fingerprint density at radius 2 is 1.83 bits per heavy atom. The maximum atomic E-state index is 12.0. The molecule has 1 aliphatic carbocycles. The Kier molecular flexibility index (Phi) is 6.10. The van der Waals surface area contributed by atoms with Gasteiger partial charge in [0.15, 0.2) is 5.78 Å². The Morgan fingerprint density at radius 1 is 1.08 bits per heavy atom. The van der Waals surface area contributed by atoms with Crippen molar-refractivity contribution in [1.82, 2.24) is 0 Å². The number of rotatable bonds is 7. The van der Waals surface area contributed by atoms with E-state index in [9.17, 15) is 9.59 Å². The number of amides is 1. The van der Waals surface area contributed by atoms with Gasteiger partial charge in [-0.1, -0.05) is 18.9 Å². The molecule has 2 aromatic rings. The molecule has 1 aromatic heterocycles. The summed E-state index contributed by atoms with van der Waals surface area (Å²) in [7, 11) is 0. The van der Waals surface area contributed by atoms with Crippen molar-refractivity contribution in [1.29, 1.82) is 0 Å². The summed E-state index contributed by atoms with van der Waals surface area (Å²) in [6.07, 6.45) is 5.77. The molecule has 0 spiro atoms. The maximum Gasteiger partial charge on any atom is 0.224 e. The lowest BCUT2D eigenvalue weighted by Crippen LogP contribution is -2.13. The van der Waals surface area contributed by atoms with Gasteiger partial charge in [0.25, 0.3) is 0 Å². The van der Waals surface area contributed by atoms with Gasteiger partial charge in [-0.2, -0.15) is 0 Å². The Morgan fingerprint density at radius 3 is 2.50 bits per heavy atom. The maximum absolute atomic E-state index is 12.0. The van der Waals surface area contributed by atoms with Gasteiger partial charge in [0.1, 0.15) is 0 Å². The molecule has 0 saturated heterocycles. The highest BCUT2D eigenvalue weighted by atomic mass is 32.2. The molecule has 0 radical (unpaired) electrons. The van der Waals surface area contributed by atoms with E-state index in [1.165, 1.54) is 41.9 Å². The molecular weight excluding hydrogens is 338 g/mol. The Hall–Kier alpha value is -1.59. The zero-order valence-corrected chi connectivity index (χ0v) is 15.1. The van der Waals surface area contributed by atoms with Gasteiger partial charge < -0.3 is 5.32 Å². The average Bonchev–Trinajstić information content (AvgIpc) is 3.28. The Bertz CT molecular complexity index is 674. The van der Waals surface area contributed by atoms with E-state index < -0.39 is 0 Å². The summed E-state index contributed by atoms with van der Waals surface area (Å²) in [4.78, 5) is 25.9. The molecular formula is C19H21NO2S2. The van der Waals surface area contributed by atoms with E-state index in [2.05, 4.69) is 17.4 Å². The molecule has 5 heteroatoms. The van der Waals surface area contributed by atoms with E-state index >= 15 is 0 Å². The zero-order chi connectivity index (χ0) is 16.8. The summed E-state index contributed by atoms with van der Waals surface area (Å²) in [5.41, 5.74) is 0.791. The smallest absolute Gasteiger partial charge is 0.224 e. The van der Waals surface area contributed by atoms with Gasteiger partial charge in [-0.25, -0.2) is 0 Å². The number of Topliss-reactive ketones (excluding diaryl/α,β-unsaturated/α-hetero) is 1. The number of thiophene rings is 1. The molecule has 1 fully saturated rings. The van der Waals surface area contributed by atoms with Crippen LogP contribution in [0, 0.1) is 0 Å². The van der Waals surface area contributed by atoms with Gasteiger partial charge in [0.2, 0.25) is 5.91 Å². The standard InChI is InChI=1S/C19H21NO2S2/c21-17(18-6-3-13-23-18)11-12-19(22)20-14-7-9-16(10-8-14)24-15-4-1-2-5-15/h3,6-10,13,15H,1-2,4-5,11-12H2,(H,20,22). The highest BCUT2D eigenvalue weighted by Crippen LogP contribution is 2.34. The van der Waals surface area contributed by atoms with E-state index in [-0.39, 0.29) is 24.5 Å². The van der Waals surface area contributed by atoms with Crippen molar-refractivity contribution >= 4 is 40.5 Å². The number of thioether (sulfide) groups is 1. The lowest BCUT2D eigenvalue weighted by molar-refractivity contribution is -0.116. The van der Waals surface area contributed by atoms with Gasteiger partial charge in [-0.3, -0.25) is 9.59 Å². The van der Waals surface area contributed by atoms with E-state index in [0.717, 1.165) is 15.8 Å². The molecule has 0 bridgehead atoms. The summed E-state index contributed by atoms with van der Waals surface area (Å²) < 4.78 is 0. The van der Waals surface area contributed by atoms with Gasteiger partial charge in [0.05, 0.1) is 4.88 Å². The monoisotopic (exact) mass is 359 g/mol. The summed E-state index contributed by atoms with van der Waals surface area (Å²) in [5.74, 6) is -0.0837. The number of hydrogen-bond donors (Lipinski definition) is 1. The number of hydrogen-bond acceptors (Lipinski definition) is 4. The van der Waals surface area contributed by atoms with Crippen molar-refractivity contribution in [3.8, 4) is 0 Å². The SMILES string of the molecule is O=C(CCC(=O)c1cccs1)Nc1ccc(SC2CCCC2)cc1. The second-order valence-corrected chi connectivity index (χ2v) is 8.32. The second-order valence-electron chi connectivity index (χ2n) is 6.00. The number of nitrogens with one attached hydrogen (secondary N) is 1. The molecule has 1 aromatic carbocycles. The summed E-state index contributed by atoms with van der Waals surface area (Å²) in [5, 5.41) is 5.48. The van der Waals surface area contributed by atoms with Gasteiger partial charge in [-0.05, 0) is 48.6 Å². The summed E-state index contributed by atoms with van der Waals surface area (Å²) in [6.45, 7) is 0. The second kappa shape index (κ2) is 8.49. The van der Waals surface area contributed by atoms with Crippen molar-refractivity contribution in [2.45, 2.75) is 48.7 Å². The molecule has 3 rings (SSSR count).